The third-order valence-corrected chi connectivity index (χ3v) is 7.41. The van der Waals surface area contributed by atoms with E-state index in [0.29, 0.717) is 6.42 Å². The largest absolute Gasteiger partial charge is 0.355 e. The van der Waals surface area contributed by atoms with E-state index < -0.39 is 15.9 Å². The minimum absolute atomic E-state index is 0.0168. The van der Waals surface area contributed by atoms with E-state index in [-0.39, 0.29) is 12.5 Å². The highest BCUT2D eigenvalue weighted by Gasteiger charge is 2.06. The Balaban J connectivity index is 3.13. The molecule has 6 heteroatoms. The van der Waals surface area contributed by atoms with Gasteiger partial charge in [0, 0.05) is 13.0 Å². The van der Waals surface area contributed by atoms with Crippen molar-refractivity contribution in [2.45, 2.75) is 161 Å². The van der Waals surface area contributed by atoms with Gasteiger partial charge in [0.25, 0.3) is 10.1 Å². The molecule has 0 fully saturated rings. The fraction of sp³-hybridized carbons (Fsp3) is 0.964. The van der Waals surface area contributed by atoms with Crippen LogP contribution in [0.4, 0.5) is 0 Å². The van der Waals surface area contributed by atoms with Crippen LogP contribution >= 0.6 is 0 Å². The van der Waals surface area contributed by atoms with Crippen molar-refractivity contribution in [3.8, 4) is 0 Å². The van der Waals surface area contributed by atoms with Crippen LogP contribution in [-0.2, 0) is 14.9 Å². The van der Waals surface area contributed by atoms with Gasteiger partial charge in [-0.2, -0.15) is 8.42 Å². The number of hydrogen-bond acceptors (Lipinski definition) is 3. The lowest BCUT2D eigenvalue weighted by molar-refractivity contribution is -0.121. The van der Waals surface area contributed by atoms with Crippen molar-refractivity contribution in [3.05, 3.63) is 0 Å². The van der Waals surface area contributed by atoms with Crippen molar-refractivity contribution >= 4 is 16.0 Å². The van der Waals surface area contributed by atoms with Gasteiger partial charge in [-0.1, -0.05) is 148 Å². The first kappa shape index (κ1) is 33.4. The maximum Gasteiger partial charge on any atom is 0.266 e. The second kappa shape index (κ2) is 25.5. The summed E-state index contributed by atoms with van der Waals surface area (Å²) >= 11 is 0. The predicted molar refractivity (Wildman–Crippen MR) is 146 cm³/mol. The summed E-state index contributed by atoms with van der Waals surface area (Å²) in [6.07, 6.45) is 31.5. The number of carbonyl (C=O) groups excluding carboxylic acids is 1. The van der Waals surface area contributed by atoms with Gasteiger partial charge in [0.1, 0.15) is 0 Å². The van der Waals surface area contributed by atoms with Gasteiger partial charge in [-0.05, 0) is 6.42 Å². The summed E-state index contributed by atoms with van der Waals surface area (Å²) < 4.78 is 29.8. The molecular weight excluding hydrogens is 446 g/mol. The van der Waals surface area contributed by atoms with Crippen LogP contribution < -0.4 is 5.32 Å². The Labute approximate surface area is 212 Å². The fourth-order valence-electron chi connectivity index (χ4n) is 4.48. The molecule has 0 radical (unpaired) electrons. The Kier molecular flexibility index (Phi) is 25.0. The normalized spacial score (nSPS) is 11.7. The van der Waals surface area contributed by atoms with Crippen molar-refractivity contribution in [3.63, 3.8) is 0 Å². The Morgan fingerprint density at radius 2 is 0.853 bits per heavy atom. The van der Waals surface area contributed by atoms with Gasteiger partial charge in [-0.15, -0.1) is 0 Å². The number of unbranched alkanes of at least 4 members (excludes halogenated alkanes) is 22. The van der Waals surface area contributed by atoms with E-state index in [1.165, 1.54) is 128 Å². The number of nitrogens with one attached hydrogen (secondary N) is 1. The summed E-state index contributed by atoms with van der Waals surface area (Å²) in [6, 6.07) is 0. The van der Waals surface area contributed by atoms with Crippen LogP contribution in [0.3, 0.4) is 0 Å². The molecule has 0 heterocycles. The lowest BCUT2D eigenvalue weighted by Crippen LogP contribution is -2.28. The average molecular weight is 504 g/mol. The Bertz CT molecular complexity index is 537. The van der Waals surface area contributed by atoms with Gasteiger partial charge >= 0.3 is 0 Å². The van der Waals surface area contributed by atoms with E-state index in [0.717, 1.165) is 19.3 Å². The first-order chi connectivity index (χ1) is 16.5. The van der Waals surface area contributed by atoms with Crippen molar-refractivity contribution in [2.24, 2.45) is 0 Å². The average Bonchev–Trinajstić information content (AvgIpc) is 2.78. The Hall–Kier alpha value is -0.620. The van der Waals surface area contributed by atoms with Crippen LogP contribution in [0.15, 0.2) is 0 Å². The molecule has 0 unspecified atom stereocenters. The maximum absolute atomic E-state index is 11.6. The third-order valence-electron chi connectivity index (χ3n) is 6.69. The first-order valence-electron chi connectivity index (χ1n) is 14.7. The molecule has 1 amide bonds. The summed E-state index contributed by atoms with van der Waals surface area (Å²) in [5.41, 5.74) is 0. The second-order valence-electron chi connectivity index (χ2n) is 10.2. The lowest BCUT2D eigenvalue weighted by atomic mass is 10.0. The fourth-order valence-corrected chi connectivity index (χ4v) is 4.84. The van der Waals surface area contributed by atoms with E-state index in [2.05, 4.69) is 12.2 Å². The molecule has 0 aromatic heterocycles. The van der Waals surface area contributed by atoms with Crippen molar-refractivity contribution in [2.75, 3.05) is 12.3 Å². The molecule has 2 N–H and O–H groups in total. The minimum Gasteiger partial charge on any atom is -0.355 e. The molecule has 0 aliphatic heterocycles. The molecule has 0 spiro atoms. The van der Waals surface area contributed by atoms with E-state index in [9.17, 15) is 13.2 Å². The zero-order valence-corrected chi connectivity index (χ0v) is 23.3. The highest BCUT2D eigenvalue weighted by atomic mass is 32.2. The van der Waals surface area contributed by atoms with Crippen LogP contribution in [-0.4, -0.2) is 31.2 Å². The molecule has 0 atom stereocenters. The molecule has 204 valence electrons. The highest BCUT2D eigenvalue weighted by Crippen LogP contribution is 2.15. The van der Waals surface area contributed by atoms with Crippen LogP contribution in [0, 0.1) is 0 Å². The van der Waals surface area contributed by atoms with Gasteiger partial charge in [0.2, 0.25) is 5.91 Å². The summed E-state index contributed by atoms with van der Waals surface area (Å²) in [7, 11) is -3.99. The van der Waals surface area contributed by atoms with Crippen LogP contribution in [0.2, 0.25) is 0 Å². The molecule has 0 saturated carbocycles. The summed E-state index contributed by atoms with van der Waals surface area (Å²) in [5.74, 6) is -0.551. The number of hydrogen-bond donors (Lipinski definition) is 2. The zero-order chi connectivity index (χ0) is 25.2. The number of amides is 1. The lowest BCUT2D eigenvalue weighted by Gasteiger charge is -2.05. The van der Waals surface area contributed by atoms with Crippen LogP contribution in [0.25, 0.3) is 0 Å². The quantitative estimate of drug-likeness (QED) is 0.0871. The van der Waals surface area contributed by atoms with Crippen molar-refractivity contribution in [1.29, 1.82) is 0 Å². The molecule has 0 aliphatic carbocycles. The molecule has 5 nitrogen and oxygen atoms in total. The topological polar surface area (TPSA) is 83.5 Å². The Morgan fingerprint density at radius 1 is 0.559 bits per heavy atom. The molecular formula is C28H57NO4S. The highest BCUT2D eigenvalue weighted by molar-refractivity contribution is 7.85. The summed E-state index contributed by atoms with van der Waals surface area (Å²) in [5, 5.41) is 2.53. The predicted octanol–water partition coefficient (Wildman–Crippen LogP) is 8.37. The maximum atomic E-state index is 11.6. The van der Waals surface area contributed by atoms with E-state index in [4.69, 9.17) is 4.55 Å². The SMILES string of the molecule is CCCCCCCCCCCCCCCCCCCCCCCCCC(=O)NCCS(=O)(=O)O. The summed E-state index contributed by atoms with van der Waals surface area (Å²) in [6.45, 7) is 2.27. The zero-order valence-electron chi connectivity index (χ0n) is 22.5. The van der Waals surface area contributed by atoms with Gasteiger partial charge in [0.15, 0.2) is 0 Å². The monoisotopic (exact) mass is 503 g/mol. The van der Waals surface area contributed by atoms with Gasteiger partial charge in [-0.25, -0.2) is 0 Å². The van der Waals surface area contributed by atoms with Crippen LogP contribution in [0.5, 0.6) is 0 Å². The molecule has 0 aromatic carbocycles. The molecule has 34 heavy (non-hydrogen) atoms. The number of carbonyl (C=O) groups is 1. The summed E-state index contributed by atoms with van der Waals surface area (Å²) in [4.78, 5) is 11.6. The third kappa shape index (κ3) is 29.4. The molecule has 0 bridgehead atoms. The molecule has 0 rings (SSSR count). The first-order valence-corrected chi connectivity index (χ1v) is 16.3. The standard InChI is InChI=1S/C28H57NO4S/c1-2-3-4-5-6-7-8-9-10-11-12-13-14-15-16-17-18-19-20-21-22-23-24-25-28(30)29-26-27-34(31,32)33/h2-27H2,1H3,(H,29,30)(H,31,32,33). The number of rotatable bonds is 27. The molecule has 0 aromatic rings. The van der Waals surface area contributed by atoms with Crippen molar-refractivity contribution < 1.29 is 17.8 Å². The smallest absolute Gasteiger partial charge is 0.266 e. The van der Waals surface area contributed by atoms with Gasteiger partial charge in [-0.3, -0.25) is 9.35 Å². The van der Waals surface area contributed by atoms with Crippen LogP contribution in [0.1, 0.15) is 161 Å². The van der Waals surface area contributed by atoms with E-state index in [1.54, 1.807) is 0 Å². The van der Waals surface area contributed by atoms with E-state index in [1.807, 2.05) is 0 Å². The molecule has 0 saturated heterocycles. The van der Waals surface area contributed by atoms with Crippen molar-refractivity contribution in [1.82, 2.24) is 5.32 Å². The molecule has 0 aliphatic rings. The van der Waals surface area contributed by atoms with Gasteiger partial charge < -0.3 is 5.32 Å². The van der Waals surface area contributed by atoms with Gasteiger partial charge in [0.05, 0.1) is 5.75 Å². The Morgan fingerprint density at radius 3 is 1.15 bits per heavy atom. The van der Waals surface area contributed by atoms with E-state index >= 15 is 0 Å². The second-order valence-corrected chi connectivity index (χ2v) is 11.7. The minimum atomic E-state index is -3.99.